The van der Waals surface area contributed by atoms with E-state index in [1.54, 1.807) is 14.2 Å². The van der Waals surface area contributed by atoms with Crippen LogP contribution in [0, 0.1) is 5.92 Å². The van der Waals surface area contributed by atoms with Gasteiger partial charge < -0.3 is 19.1 Å². The third-order valence-electron chi connectivity index (χ3n) is 6.95. The van der Waals surface area contributed by atoms with Gasteiger partial charge in [0, 0.05) is 22.7 Å². The van der Waals surface area contributed by atoms with E-state index in [9.17, 15) is 4.79 Å². The van der Waals surface area contributed by atoms with Crippen LogP contribution < -0.4 is 14.2 Å². The van der Waals surface area contributed by atoms with Gasteiger partial charge in [-0.3, -0.25) is 9.89 Å². The summed E-state index contributed by atoms with van der Waals surface area (Å²) >= 11 is 6.12. The molecule has 0 aliphatic carbocycles. The van der Waals surface area contributed by atoms with Gasteiger partial charge in [-0.15, -0.1) is 0 Å². The summed E-state index contributed by atoms with van der Waals surface area (Å²) < 4.78 is 17.1. The summed E-state index contributed by atoms with van der Waals surface area (Å²) in [6.07, 6.45) is 0.945. The van der Waals surface area contributed by atoms with Crippen LogP contribution in [0.5, 0.6) is 17.2 Å². The molecule has 5 rings (SSSR count). The van der Waals surface area contributed by atoms with Crippen LogP contribution >= 0.6 is 11.6 Å². The first-order valence-electron chi connectivity index (χ1n) is 13.0. The summed E-state index contributed by atoms with van der Waals surface area (Å²) in [6, 6.07) is 20.7. The second kappa shape index (κ2) is 11.4. The van der Waals surface area contributed by atoms with Crippen molar-refractivity contribution in [1.82, 2.24) is 15.1 Å². The highest BCUT2D eigenvalue weighted by Crippen LogP contribution is 2.45. The van der Waals surface area contributed by atoms with Crippen molar-refractivity contribution in [3.8, 4) is 28.5 Å². The number of carbonyl (C=O) groups excluding carboxylic acids is 1. The standard InChI is InChI=1S/C31H32ClN3O4/c1-19(2)15-16-39-25-14-9-22(17-26(25)38-4)30-27-28(21-7-12-24(37-3)13-8-21)33-34-29(27)31(36)35(30)18-20-5-10-23(32)11-6-20/h5-14,17,19,30H,15-16,18H2,1-4H3,(H,33,34). The number of benzene rings is 3. The zero-order valence-electron chi connectivity index (χ0n) is 22.5. The van der Waals surface area contributed by atoms with E-state index in [1.807, 2.05) is 71.6 Å². The Kier molecular flexibility index (Phi) is 7.79. The number of aromatic nitrogens is 2. The van der Waals surface area contributed by atoms with Crippen molar-refractivity contribution in [1.29, 1.82) is 0 Å². The molecule has 4 aromatic rings. The number of fused-ring (bicyclic) bond motifs is 1. The van der Waals surface area contributed by atoms with Crippen LogP contribution in [0.3, 0.4) is 0 Å². The Morgan fingerprint density at radius 1 is 0.974 bits per heavy atom. The summed E-state index contributed by atoms with van der Waals surface area (Å²) in [4.78, 5) is 15.6. The first-order chi connectivity index (χ1) is 18.9. The van der Waals surface area contributed by atoms with Crippen LogP contribution in [-0.2, 0) is 6.54 Å². The normalized spacial score (nSPS) is 14.6. The number of halogens is 1. The van der Waals surface area contributed by atoms with Crippen LogP contribution in [-0.4, -0.2) is 41.8 Å². The Balaban J connectivity index is 1.57. The number of rotatable bonds is 10. The van der Waals surface area contributed by atoms with Crippen molar-refractivity contribution >= 4 is 17.5 Å². The largest absolute Gasteiger partial charge is 0.497 e. The maximum absolute atomic E-state index is 13.8. The predicted octanol–water partition coefficient (Wildman–Crippen LogP) is 6.92. The first-order valence-corrected chi connectivity index (χ1v) is 13.4. The molecule has 2 heterocycles. The molecule has 0 saturated heterocycles. The lowest BCUT2D eigenvalue weighted by molar-refractivity contribution is 0.0730. The number of hydrogen-bond donors (Lipinski definition) is 1. The van der Waals surface area contributed by atoms with E-state index in [2.05, 4.69) is 24.0 Å². The molecule has 39 heavy (non-hydrogen) atoms. The monoisotopic (exact) mass is 545 g/mol. The lowest BCUT2D eigenvalue weighted by Gasteiger charge is -2.27. The minimum Gasteiger partial charge on any atom is -0.497 e. The molecule has 1 aliphatic rings. The fraction of sp³-hybridized carbons (Fsp3) is 0.290. The predicted molar refractivity (Wildman–Crippen MR) is 152 cm³/mol. The average molecular weight is 546 g/mol. The summed E-state index contributed by atoms with van der Waals surface area (Å²) in [5, 5.41) is 8.24. The summed E-state index contributed by atoms with van der Waals surface area (Å²) in [5.74, 6) is 2.47. The number of aromatic amines is 1. The Bertz CT molecular complexity index is 1450. The Labute approximate surface area is 233 Å². The van der Waals surface area contributed by atoms with E-state index >= 15 is 0 Å². The molecule has 1 amide bonds. The number of carbonyl (C=O) groups is 1. The third-order valence-corrected chi connectivity index (χ3v) is 7.20. The molecule has 0 spiro atoms. The van der Waals surface area contributed by atoms with E-state index < -0.39 is 6.04 Å². The van der Waals surface area contributed by atoms with E-state index in [1.165, 1.54) is 0 Å². The minimum absolute atomic E-state index is 0.117. The van der Waals surface area contributed by atoms with Gasteiger partial charge in [-0.1, -0.05) is 43.6 Å². The molecular formula is C31H32ClN3O4. The Morgan fingerprint density at radius 2 is 1.72 bits per heavy atom. The highest BCUT2D eigenvalue weighted by atomic mass is 35.5. The van der Waals surface area contributed by atoms with Gasteiger partial charge >= 0.3 is 0 Å². The van der Waals surface area contributed by atoms with Crippen molar-refractivity contribution < 1.29 is 19.0 Å². The fourth-order valence-corrected chi connectivity index (χ4v) is 4.97. The number of nitrogens with one attached hydrogen (secondary N) is 1. The Morgan fingerprint density at radius 3 is 2.38 bits per heavy atom. The number of methoxy groups -OCH3 is 2. The molecule has 3 aromatic carbocycles. The zero-order valence-corrected chi connectivity index (χ0v) is 23.3. The lowest BCUT2D eigenvalue weighted by atomic mass is 9.95. The van der Waals surface area contributed by atoms with Gasteiger partial charge in [0.05, 0.1) is 32.6 Å². The van der Waals surface area contributed by atoms with Crippen LogP contribution in [0.4, 0.5) is 0 Å². The van der Waals surface area contributed by atoms with Gasteiger partial charge in [-0.2, -0.15) is 5.10 Å². The zero-order chi connectivity index (χ0) is 27.5. The van der Waals surface area contributed by atoms with E-state index in [0.717, 1.165) is 40.1 Å². The summed E-state index contributed by atoms with van der Waals surface area (Å²) in [7, 11) is 3.26. The number of ether oxygens (including phenoxy) is 3. The molecule has 202 valence electrons. The molecule has 0 bridgehead atoms. The molecule has 1 atom stereocenters. The van der Waals surface area contributed by atoms with Gasteiger partial charge in [0.1, 0.15) is 11.4 Å². The molecule has 0 saturated carbocycles. The lowest BCUT2D eigenvalue weighted by Crippen LogP contribution is -2.29. The third kappa shape index (κ3) is 5.45. The smallest absolute Gasteiger partial charge is 0.273 e. The van der Waals surface area contributed by atoms with Gasteiger partial charge in [0.15, 0.2) is 11.5 Å². The average Bonchev–Trinajstić information content (AvgIpc) is 3.49. The fourth-order valence-electron chi connectivity index (χ4n) is 4.84. The topological polar surface area (TPSA) is 76.7 Å². The van der Waals surface area contributed by atoms with Crippen LogP contribution in [0.2, 0.25) is 5.02 Å². The molecule has 8 heteroatoms. The van der Waals surface area contributed by atoms with Crippen molar-refractivity contribution in [3.05, 3.63) is 94.1 Å². The van der Waals surface area contributed by atoms with Crippen LogP contribution in [0.15, 0.2) is 66.7 Å². The highest BCUT2D eigenvalue weighted by molar-refractivity contribution is 6.30. The molecule has 1 N–H and O–H groups in total. The quantitative estimate of drug-likeness (QED) is 0.234. The minimum atomic E-state index is -0.391. The number of H-pyrrole nitrogens is 1. The summed E-state index contributed by atoms with van der Waals surface area (Å²) in [6.45, 7) is 5.34. The second-order valence-corrected chi connectivity index (χ2v) is 10.4. The molecule has 1 aliphatic heterocycles. The van der Waals surface area contributed by atoms with Crippen molar-refractivity contribution in [2.24, 2.45) is 5.92 Å². The van der Waals surface area contributed by atoms with E-state index in [0.29, 0.717) is 41.3 Å². The summed E-state index contributed by atoms with van der Waals surface area (Å²) in [5.41, 5.74) is 4.80. The maximum Gasteiger partial charge on any atom is 0.273 e. The van der Waals surface area contributed by atoms with Crippen molar-refractivity contribution in [3.63, 3.8) is 0 Å². The second-order valence-electron chi connectivity index (χ2n) is 9.99. The number of hydrogen-bond acceptors (Lipinski definition) is 5. The highest BCUT2D eigenvalue weighted by Gasteiger charge is 2.42. The molecule has 1 aromatic heterocycles. The van der Waals surface area contributed by atoms with Crippen molar-refractivity contribution in [2.75, 3.05) is 20.8 Å². The number of nitrogens with zero attached hydrogens (tertiary/aromatic N) is 2. The van der Waals surface area contributed by atoms with Crippen LogP contribution in [0.25, 0.3) is 11.3 Å². The molecule has 7 nitrogen and oxygen atoms in total. The SMILES string of the molecule is COc1ccc(-c2n[nH]c3c2C(c2ccc(OCCC(C)C)c(OC)c2)N(Cc2ccc(Cl)cc2)C3=O)cc1. The van der Waals surface area contributed by atoms with Gasteiger partial charge in [0.25, 0.3) is 5.91 Å². The molecular weight excluding hydrogens is 514 g/mol. The van der Waals surface area contributed by atoms with E-state index in [4.69, 9.17) is 25.8 Å². The number of amides is 1. The molecule has 1 unspecified atom stereocenters. The van der Waals surface area contributed by atoms with Gasteiger partial charge in [-0.05, 0) is 72.0 Å². The van der Waals surface area contributed by atoms with Gasteiger partial charge in [0.2, 0.25) is 0 Å². The maximum atomic E-state index is 13.8. The molecule has 0 radical (unpaired) electrons. The Hall–Kier alpha value is -3.97. The van der Waals surface area contributed by atoms with Gasteiger partial charge in [-0.25, -0.2) is 0 Å². The molecule has 0 fully saturated rings. The first kappa shape index (κ1) is 26.6. The van der Waals surface area contributed by atoms with Crippen LogP contribution in [0.1, 0.15) is 53.5 Å². The van der Waals surface area contributed by atoms with Crippen molar-refractivity contribution in [2.45, 2.75) is 32.9 Å². The van der Waals surface area contributed by atoms with E-state index in [-0.39, 0.29) is 5.91 Å².